The zero-order valence-corrected chi connectivity index (χ0v) is 17.7. The van der Waals surface area contributed by atoms with Gasteiger partial charge in [-0.25, -0.2) is 5.43 Å². The number of hydrogen-bond acceptors (Lipinski definition) is 6. The van der Waals surface area contributed by atoms with Crippen LogP contribution in [-0.4, -0.2) is 40.1 Å². The molecule has 0 aliphatic heterocycles. The van der Waals surface area contributed by atoms with Crippen molar-refractivity contribution in [3.8, 4) is 23.0 Å². The zero-order chi connectivity index (χ0) is 19.8. The molecule has 0 fully saturated rings. The summed E-state index contributed by atoms with van der Waals surface area (Å²) in [5.74, 6) is 1.90. The van der Waals surface area contributed by atoms with Crippen LogP contribution in [0.25, 0.3) is 0 Å². The normalized spacial score (nSPS) is 10.6. The molecule has 2 aromatic carbocycles. The van der Waals surface area contributed by atoms with Crippen LogP contribution < -0.4 is 24.4 Å². The number of amides is 1. The predicted octanol–water partition coefficient (Wildman–Crippen LogP) is 3.48. The van der Waals surface area contributed by atoms with Gasteiger partial charge in [0.25, 0.3) is 5.91 Å². The minimum Gasteiger partial charge on any atom is -0.497 e. The third kappa shape index (κ3) is 5.25. The highest BCUT2D eigenvalue weighted by molar-refractivity contribution is 14.1. The number of methoxy groups -OCH3 is 3. The lowest BCUT2D eigenvalue weighted by atomic mass is 10.2. The summed E-state index contributed by atoms with van der Waals surface area (Å²) in [5.41, 5.74) is 3.61. The molecule has 0 unspecified atom stereocenters. The Labute approximate surface area is 171 Å². The molecule has 1 N–H and O–H groups in total. The van der Waals surface area contributed by atoms with Gasteiger partial charge in [-0.3, -0.25) is 4.79 Å². The number of hydrogen-bond donors (Lipinski definition) is 1. The Morgan fingerprint density at radius 2 is 1.85 bits per heavy atom. The van der Waals surface area contributed by atoms with Gasteiger partial charge in [0.1, 0.15) is 11.5 Å². The molecule has 1 amide bonds. The molecule has 0 saturated carbocycles. The molecular formula is C19H21IN2O5. The van der Waals surface area contributed by atoms with Crippen LogP contribution >= 0.6 is 22.6 Å². The average Bonchev–Trinajstić information content (AvgIpc) is 2.69. The summed E-state index contributed by atoms with van der Waals surface area (Å²) in [6.07, 6.45) is 1.54. The standard InChI is InChI=1S/C19H21IN2O5/c1-5-27-18-15(20)8-12(9-17(18)26-4)11-21-22-19(23)14-7-6-13(24-2)10-16(14)25-3/h6-11H,5H2,1-4H3,(H,22,23)/b21-11-. The van der Waals surface area contributed by atoms with Crippen molar-refractivity contribution in [1.29, 1.82) is 0 Å². The Morgan fingerprint density at radius 1 is 1.11 bits per heavy atom. The van der Waals surface area contributed by atoms with Crippen LogP contribution in [0, 0.1) is 3.57 Å². The number of benzene rings is 2. The molecule has 0 saturated heterocycles. The number of nitrogens with zero attached hydrogens (tertiary/aromatic N) is 1. The molecule has 0 spiro atoms. The van der Waals surface area contributed by atoms with E-state index in [4.69, 9.17) is 18.9 Å². The smallest absolute Gasteiger partial charge is 0.275 e. The van der Waals surface area contributed by atoms with Gasteiger partial charge >= 0.3 is 0 Å². The van der Waals surface area contributed by atoms with E-state index < -0.39 is 5.91 Å². The number of carbonyl (C=O) groups excluding carboxylic acids is 1. The number of hydrazone groups is 1. The van der Waals surface area contributed by atoms with E-state index in [0.717, 1.165) is 9.13 Å². The van der Waals surface area contributed by atoms with E-state index in [1.807, 2.05) is 13.0 Å². The van der Waals surface area contributed by atoms with E-state index in [2.05, 4.69) is 33.1 Å². The van der Waals surface area contributed by atoms with E-state index in [-0.39, 0.29) is 0 Å². The molecule has 0 atom stereocenters. The summed E-state index contributed by atoms with van der Waals surface area (Å²) < 4.78 is 22.2. The molecule has 8 heteroatoms. The highest BCUT2D eigenvalue weighted by Crippen LogP contribution is 2.33. The van der Waals surface area contributed by atoms with Crippen LogP contribution in [0.1, 0.15) is 22.8 Å². The van der Waals surface area contributed by atoms with Crippen molar-refractivity contribution in [2.45, 2.75) is 6.92 Å². The van der Waals surface area contributed by atoms with Crippen molar-refractivity contribution in [2.24, 2.45) is 5.10 Å². The number of halogens is 1. The van der Waals surface area contributed by atoms with Crippen LogP contribution in [0.15, 0.2) is 35.4 Å². The van der Waals surface area contributed by atoms with E-state index >= 15 is 0 Å². The third-order valence-electron chi connectivity index (χ3n) is 3.57. The quantitative estimate of drug-likeness (QED) is 0.353. The summed E-state index contributed by atoms with van der Waals surface area (Å²) in [6.45, 7) is 2.45. The molecule has 0 heterocycles. The fraction of sp³-hybridized carbons (Fsp3) is 0.263. The third-order valence-corrected chi connectivity index (χ3v) is 4.37. The van der Waals surface area contributed by atoms with Crippen molar-refractivity contribution in [1.82, 2.24) is 5.43 Å². The van der Waals surface area contributed by atoms with Gasteiger partial charge in [0.05, 0.1) is 43.3 Å². The second kappa shape index (κ2) is 10.0. The summed E-state index contributed by atoms with van der Waals surface area (Å²) in [4.78, 5) is 12.4. The first-order valence-corrected chi connectivity index (χ1v) is 9.17. The molecule has 7 nitrogen and oxygen atoms in total. The molecule has 27 heavy (non-hydrogen) atoms. The van der Waals surface area contributed by atoms with Gasteiger partial charge in [-0.1, -0.05) is 0 Å². The Kier molecular flexibility index (Phi) is 7.71. The largest absolute Gasteiger partial charge is 0.497 e. The first kappa shape index (κ1) is 20.8. The zero-order valence-electron chi connectivity index (χ0n) is 15.5. The van der Waals surface area contributed by atoms with Crippen LogP contribution in [0.3, 0.4) is 0 Å². The second-order valence-corrected chi connectivity index (χ2v) is 6.39. The minimum atomic E-state index is -0.390. The molecule has 0 radical (unpaired) electrons. The molecule has 0 bridgehead atoms. The first-order chi connectivity index (χ1) is 13.0. The maximum absolute atomic E-state index is 12.4. The fourth-order valence-corrected chi connectivity index (χ4v) is 3.09. The van der Waals surface area contributed by atoms with Crippen LogP contribution in [0.2, 0.25) is 0 Å². The summed E-state index contributed by atoms with van der Waals surface area (Å²) in [6, 6.07) is 8.61. The summed E-state index contributed by atoms with van der Waals surface area (Å²) >= 11 is 2.17. The summed E-state index contributed by atoms with van der Waals surface area (Å²) in [5, 5.41) is 4.02. The number of carbonyl (C=O) groups is 1. The molecule has 2 rings (SSSR count). The van der Waals surface area contributed by atoms with Gasteiger partial charge in [0, 0.05) is 6.07 Å². The molecular weight excluding hydrogens is 463 g/mol. The molecule has 0 aliphatic rings. The van der Waals surface area contributed by atoms with Gasteiger partial charge in [-0.15, -0.1) is 0 Å². The van der Waals surface area contributed by atoms with Gasteiger partial charge < -0.3 is 18.9 Å². The molecule has 0 aliphatic carbocycles. The van der Waals surface area contributed by atoms with Crippen molar-refractivity contribution in [3.05, 3.63) is 45.0 Å². The van der Waals surface area contributed by atoms with Crippen LogP contribution in [-0.2, 0) is 0 Å². The highest BCUT2D eigenvalue weighted by Gasteiger charge is 2.13. The molecule has 144 valence electrons. The first-order valence-electron chi connectivity index (χ1n) is 8.09. The Hall–Kier alpha value is -2.49. The van der Waals surface area contributed by atoms with Crippen molar-refractivity contribution in [3.63, 3.8) is 0 Å². The number of nitrogens with one attached hydrogen (secondary N) is 1. The van der Waals surface area contributed by atoms with Crippen molar-refractivity contribution in [2.75, 3.05) is 27.9 Å². The minimum absolute atomic E-state index is 0.356. The van der Waals surface area contributed by atoms with E-state index in [1.165, 1.54) is 13.3 Å². The number of ether oxygens (including phenoxy) is 4. The Morgan fingerprint density at radius 3 is 2.48 bits per heavy atom. The maximum atomic E-state index is 12.4. The predicted molar refractivity (Wildman–Crippen MR) is 111 cm³/mol. The Bertz CT molecular complexity index is 839. The average molecular weight is 484 g/mol. The summed E-state index contributed by atoms with van der Waals surface area (Å²) in [7, 11) is 4.61. The van der Waals surface area contributed by atoms with Crippen molar-refractivity contribution < 1.29 is 23.7 Å². The molecule has 2 aromatic rings. The van der Waals surface area contributed by atoms with Crippen molar-refractivity contribution >= 4 is 34.7 Å². The van der Waals surface area contributed by atoms with E-state index in [9.17, 15) is 4.79 Å². The van der Waals surface area contributed by atoms with Crippen LogP contribution in [0.5, 0.6) is 23.0 Å². The van der Waals surface area contributed by atoms with E-state index in [0.29, 0.717) is 35.2 Å². The Balaban J connectivity index is 2.15. The lowest BCUT2D eigenvalue weighted by Gasteiger charge is -2.12. The van der Waals surface area contributed by atoms with Gasteiger partial charge in [-0.2, -0.15) is 5.10 Å². The van der Waals surface area contributed by atoms with Crippen LogP contribution in [0.4, 0.5) is 0 Å². The fourth-order valence-electron chi connectivity index (χ4n) is 2.31. The van der Waals surface area contributed by atoms with Gasteiger partial charge in [-0.05, 0) is 59.3 Å². The maximum Gasteiger partial charge on any atom is 0.275 e. The lowest BCUT2D eigenvalue weighted by Crippen LogP contribution is -2.18. The molecule has 0 aromatic heterocycles. The van der Waals surface area contributed by atoms with Gasteiger partial charge in [0.2, 0.25) is 0 Å². The second-order valence-electron chi connectivity index (χ2n) is 5.23. The monoisotopic (exact) mass is 484 g/mol. The number of rotatable bonds is 8. The topological polar surface area (TPSA) is 78.4 Å². The highest BCUT2D eigenvalue weighted by atomic mass is 127. The lowest BCUT2D eigenvalue weighted by molar-refractivity contribution is 0.0952. The van der Waals surface area contributed by atoms with Gasteiger partial charge in [0.15, 0.2) is 11.5 Å². The van der Waals surface area contributed by atoms with E-state index in [1.54, 1.807) is 38.5 Å². The SMILES string of the molecule is CCOc1c(I)cc(/C=N\NC(=O)c2ccc(OC)cc2OC)cc1OC.